The Kier molecular flexibility index (Phi) is 4.43. The predicted octanol–water partition coefficient (Wildman–Crippen LogP) is 3.35. The fraction of sp³-hybridized carbons (Fsp3) is 0.500. The number of aryl methyl sites for hydroxylation is 1. The SMILES string of the molecule is CC(C)c1cc(Cl)cc(CCCN)c1. The van der Waals surface area contributed by atoms with E-state index >= 15 is 0 Å². The molecule has 0 fully saturated rings. The molecule has 1 aromatic carbocycles. The van der Waals surface area contributed by atoms with Crippen LogP contribution in [-0.2, 0) is 6.42 Å². The van der Waals surface area contributed by atoms with E-state index < -0.39 is 0 Å². The molecule has 0 aliphatic heterocycles. The molecule has 0 saturated carbocycles. The van der Waals surface area contributed by atoms with Crippen molar-refractivity contribution in [2.75, 3.05) is 6.54 Å². The summed E-state index contributed by atoms with van der Waals surface area (Å²) in [4.78, 5) is 0. The molecule has 0 bridgehead atoms. The van der Waals surface area contributed by atoms with Crippen LogP contribution in [0.1, 0.15) is 37.3 Å². The third-order valence-corrected chi connectivity index (χ3v) is 2.53. The lowest BCUT2D eigenvalue weighted by Gasteiger charge is -2.09. The van der Waals surface area contributed by atoms with Crippen LogP contribution >= 0.6 is 11.6 Å². The molecule has 0 saturated heterocycles. The maximum Gasteiger partial charge on any atom is 0.0411 e. The highest BCUT2D eigenvalue weighted by molar-refractivity contribution is 6.30. The highest BCUT2D eigenvalue weighted by atomic mass is 35.5. The van der Waals surface area contributed by atoms with Gasteiger partial charge in [-0.3, -0.25) is 0 Å². The van der Waals surface area contributed by atoms with Crippen LogP contribution in [0.15, 0.2) is 18.2 Å². The Balaban J connectivity index is 2.84. The van der Waals surface area contributed by atoms with Crippen molar-refractivity contribution in [1.82, 2.24) is 0 Å². The molecule has 0 spiro atoms. The van der Waals surface area contributed by atoms with Gasteiger partial charge in [0.15, 0.2) is 0 Å². The van der Waals surface area contributed by atoms with Crippen LogP contribution in [-0.4, -0.2) is 6.54 Å². The molecule has 0 atom stereocenters. The zero-order chi connectivity index (χ0) is 10.6. The number of hydrogen-bond donors (Lipinski definition) is 1. The molecule has 0 heterocycles. The summed E-state index contributed by atoms with van der Waals surface area (Å²) in [5, 5.41) is 0.836. The van der Waals surface area contributed by atoms with Gasteiger partial charge in [0.2, 0.25) is 0 Å². The van der Waals surface area contributed by atoms with E-state index in [9.17, 15) is 0 Å². The van der Waals surface area contributed by atoms with Crippen molar-refractivity contribution < 1.29 is 0 Å². The first-order valence-electron chi connectivity index (χ1n) is 5.13. The van der Waals surface area contributed by atoms with Crippen LogP contribution in [0.25, 0.3) is 0 Å². The number of rotatable bonds is 4. The van der Waals surface area contributed by atoms with Crippen LogP contribution in [0.2, 0.25) is 5.02 Å². The van der Waals surface area contributed by atoms with E-state index in [2.05, 4.69) is 19.9 Å². The molecule has 1 aromatic rings. The van der Waals surface area contributed by atoms with Crippen LogP contribution in [0, 0.1) is 0 Å². The second-order valence-corrected chi connectivity index (χ2v) is 4.38. The van der Waals surface area contributed by atoms with Gasteiger partial charge in [0, 0.05) is 5.02 Å². The normalized spacial score (nSPS) is 10.9. The third kappa shape index (κ3) is 3.32. The fourth-order valence-electron chi connectivity index (χ4n) is 1.46. The predicted molar refractivity (Wildman–Crippen MR) is 62.9 cm³/mol. The smallest absolute Gasteiger partial charge is 0.0411 e. The molecular weight excluding hydrogens is 194 g/mol. The van der Waals surface area contributed by atoms with Gasteiger partial charge < -0.3 is 5.73 Å². The second kappa shape index (κ2) is 5.38. The average molecular weight is 212 g/mol. The molecule has 0 aromatic heterocycles. The van der Waals surface area contributed by atoms with Crippen LogP contribution in [0.5, 0.6) is 0 Å². The summed E-state index contributed by atoms with van der Waals surface area (Å²) in [5.41, 5.74) is 8.09. The summed E-state index contributed by atoms with van der Waals surface area (Å²) in [6, 6.07) is 6.30. The molecule has 78 valence electrons. The van der Waals surface area contributed by atoms with Gasteiger partial charge in [-0.25, -0.2) is 0 Å². The summed E-state index contributed by atoms with van der Waals surface area (Å²) < 4.78 is 0. The lowest BCUT2D eigenvalue weighted by atomic mass is 9.99. The van der Waals surface area contributed by atoms with Gasteiger partial charge in [0.25, 0.3) is 0 Å². The zero-order valence-corrected chi connectivity index (χ0v) is 9.64. The highest BCUT2D eigenvalue weighted by Crippen LogP contribution is 2.22. The van der Waals surface area contributed by atoms with E-state index in [4.69, 9.17) is 17.3 Å². The number of nitrogens with two attached hydrogens (primary N) is 1. The number of hydrogen-bond acceptors (Lipinski definition) is 1. The molecule has 1 nitrogen and oxygen atoms in total. The Morgan fingerprint density at radius 1 is 1.29 bits per heavy atom. The molecule has 0 radical (unpaired) electrons. The number of benzene rings is 1. The molecule has 0 aliphatic rings. The van der Waals surface area contributed by atoms with Crippen LogP contribution in [0.4, 0.5) is 0 Å². The Morgan fingerprint density at radius 2 is 2.00 bits per heavy atom. The molecule has 14 heavy (non-hydrogen) atoms. The summed E-state index contributed by atoms with van der Waals surface area (Å²) in [6.45, 7) is 5.10. The topological polar surface area (TPSA) is 26.0 Å². The van der Waals surface area contributed by atoms with Crippen molar-refractivity contribution in [3.05, 3.63) is 34.3 Å². The average Bonchev–Trinajstić information content (AvgIpc) is 2.14. The van der Waals surface area contributed by atoms with Gasteiger partial charge in [-0.15, -0.1) is 0 Å². The van der Waals surface area contributed by atoms with Gasteiger partial charge in [0.05, 0.1) is 0 Å². The zero-order valence-electron chi connectivity index (χ0n) is 8.89. The van der Waals surface area contributed by atoms with Gasteiger partial charge in [-0.2, -0.15) is 0 Å². The van der Waals surface area contributed by atoms with E-state index in [1.807, 2.05) is 12.1 Å². The lowest BCUT2D eigenvalue weighted by Crippen LogP contribution is -2.01. The molecule has 2 N–H and O–H groups in total. The first-order chi connectivity index (χ1) is 6.63. The van der Waals surface area contributed by atoms with E-state index in [-0.39, 0.29) is 0 Å². The van der Waals surface area contributed by atoms with Gasteiger partial charge in [-0.1, -0.05) is 31.5 Å². The minimum Gasteiger partial charge on any atom is -0.330 e. The molecule has 0 amide bonds. The van der Waals surface area contributed by atoms with Crippen molar-refractivity contribution in [1.29, 1.82) is 0 Å². The maximum atomic E-state index is 6.04. The minimum absolute atomic E-state index is 0.533. The Morgan fingerprint density at radius 3 is 2.57 bits per heavy atom. The number of halogens is 1. The van der Waals surface area contributed by atoms with Crippen LogP contribution in [0.3, 0.4) is 0 Å². The monoisotopic (exact) mass is 211 g/mol. The maximum absolute atomic E-state index is 6.04. The Labute approximate surface area is 91.3 Å². The van der Waals surface area contributed by atoms with E-state index in [1.165, 1.54) is 11.1 Å². The molecule has 0 aliphatic carbocycles. The molecule has 1 rings (SSSR count). The standard InChI is InChI=1S/C12H18ClN/c1-9(2)11-6-10(4-3-5-14)7-12(13)8-11/h6-9H,3-5,14H2,1-2H3. The summed E-state index contributed by atoms with van der Waals surface area (Å²) in [6.07, 6.45) is 2.05. The summed E-state index contributed by atoms with van der Waals surface area (Å²) in [5.74, 6) is 0.533. The third-order valence-electron chi connectivity index (χ3n) is 2.32. The highest BCUT2D eigenvalue weighted by Gasteiger charge is 2.03. The van der Waals surface area contributed by atoms with E-state index in [1.54, 1.807) is 0 Å². The van der Waals surface area contributed by atoms with E-state index in [0.717, 1.165) is 24.4 Å². The second-order valence-electron chi connectivity index (χ2n) is 3.94. The van der Waals surface area contributed by atoms with Crippen molar-refractivity contribution in [2.45, 2.75) is 32.6 Å². The van der Waals surface area contributed by atoms with Gasteiger partial charge in [-0.05, 0) is 48.6 Å². The first-order valence-corrected chi connectivity index (χ1v) is 5.50. The van der Waals surface area contributed by atoms with E-state index in [0.29, 0.717) is 5.92 Å². The summed E-state index contributed by atoms with van der Waals surface area (Å²) in [7, 11) is 0. The molecular formula is C12H18ClN. The van der Waals surface area contributed by atoms with Gasteiger partial charge >= 0.3 is 0 Å². The molecule has 0 unspecified atom stereocenters. The largest absolute Gasteiger partial charge is 0.330 e. The van der Waals surface area contributed by atoms with Crippen molar-refractivity contribution >= 4 is 11.6 Å². The van der Waals surface area contributed by atoms with Crippen LogP contribution < -0.4 is 5.73 Å². The molecule has 2 heteroatoms. The van der Waals surface area contributed by atoms with Crippen molar-refractivity contribution in [2.24, 2.45) is 5.73 Å². The van der Waals surface area contributed by atoms with Gasteiger partial charge in [0.1, 0.15) is 0 Å². The van der Waals surface area contributed by atoms with Crippen molar-refractivity contribution in [3.8, 4) is 0 Å². The summed E-state index contributed by atoms with van der Waals surface area (Å²) >= 11 is 6.04. The fourth-order valence-corrected chi connectivity index (χ4v) is 1.73. The Bertz CT molecular complexity index is 294. The minimum atomic E-state index is 0.533. The van der Waals surface area contributed by atoms with Crippen molar-refractivity contribution in [3.63, 3.8) is 0 Å². The first kappa shape index (κ1) is 11.5. The quantitative estimate of drug-likeness (QED) is 0.812. The lowest BCUT2D eigenvalue weighted by molar-refractivity contribution is 0.821. The Hall–Kier alpha value is -0.530.